The van der Waals surface area contributed by atoms with Gasteiger partial charge >= 0.3 is 0 Å². The summed E-state index contributed by atoms with van der Waals surface area (Å²) in [4.78, 5) is 21.6. The van der Waals surface area contributed by atoms with Crippen LogP contribution < -0.4 is 15.1 Å². The number of hydrogen-bond donors (Lipinski definition) is 1. The van der Waals surface area contributed by atoms with E-state index in [1.807, 2.05) is 30.5 Å². The summed E-state index contributed by atoms with van der Waals surface area (Å²) in [6, 6.07) is 20.6. The van der Waals surface area contributed by atoms with Crippen molar-refractivity contribution in [2.24, 2.45) is 0 Å². The zero-order chi connectivity index (χ0) is 20.1. The van der Waals surface area contributed by atoms with Gasteiger partial charge in [-0.1, -0.05) is 48.0 Å². The molecule has 1 fully saturated rings. The fourth-order valence-electron chi connectivity index (χ4n) is 3.69. The van der Waals surface area contributed by atoms with Crippen LogP contribution in [0.15, 0.2) is 73.1 Å². The Balaban J connectivity index is 1.37. The topological polar surface area (TPSA) is 48.5 Å². The summed E-state index contributed by atoms with van der Waals surface area (Å²) in [5.41, 5.74) is 5.14. The molecule has 3 aromatic rings. The first-order valence-electron chi connectivity index (χ1n) is 10.0. The summed E-state index contributed by atoms with van der Waals surface area (Å²) >= 11 is 0. The van der Waals surface area contributed by atoms with Crippen molar-refractivity contribution in [3.63, 3.8) is 0 Å². The predicted octanol–water partition coefficient (Wildman–Crippen LogP) is 3.65. The summed E-state index contributed by atoms with van der Waals surface area (Å²) < 4.78 is 0. The lowest BCUT2D eigenvalue weighted by Gasteiger charge is -2.37. The van der Waals surface area contributed by atoms with E-state index in [4.69, 9.17) is 0 Å². The number of benzene rings is 2. The maximum atomic E-state index is 12.6. The van der Waals surface area contributed by atoms with Gasteiger partial charge < -0.3 is 15.1 Å². The van der Waals surface area contributed by atoms with Crippen LogP contribution in [0, 0.1) is 6.92 Å². The van der Waals surface area contributed by atoms with Gasteiger partial charge in [0.1, 0.15) is 0 Å². The molecule has 29 heavy (non-hydrogen) atoms. The quantitative estimate of drug-likeness (QED) is 0.727. The Morgan fingerprint density at radius 2 is 1.62 bits per heavy atom. The molecule has 0 unspecified atom stereocenters. The SMILES string of the molecule is Cc1cccc(CNC(=O)c2cncc(N3CCN(c4ccccc4)CC3)c2)c1. The third kappa shape index (κ3) is 4.74. The minimum atomic E-state index is -0.0937. The van der Waals surface area contributed by atoms with E-state index in [1.54, 1.807) is 6.20 Å². The number of rotatable bonds is 5. The maximum absolute atomic E-state index is 12.6. The summed E-state index contributed by atoms with van der Waals surface area (Å²) in [6.45, 7) is 6.29. The summed E-state index contributed by atoms with van der Waals surface area (Å²) in [6.07, 6.45) is 3.48. The van der Waals surface area contributed by atoms with E-state index in [0.29, 0.717) is 12.1 Å². The number of aryl methyl sites for hydroxylation is 1. The Kier molecular flexibility index (Phi) is 5.75. The summed E-state index contributed by atoms with van der Waals surface area (Å²) in [5.74, 6) is -0.0937. The average Bonchev–Trinajstić information content (AvgIpc) is 2.78. The van der Waals surface area contributed by atoms with Crippen LogP contribution in [0.1, 0.15) is 21.5 Å². The number of pyridine rings is 1. The summed E-state index contributed by atoms with van der Waals surface area (Å²) in [5, 5.41) is 3.00. The molecule has 5 nitrogen and oxygen atoms in total. The standard InChI is InChI=1S/C24H26N4O/c1-19-6-5-7-20(14-19)16-26-24(29)21-15-23(18-25-17-21)28-12-10-27(11-13-28)22-8-3-2-4-9-22/h2-9,14-15,17-18H,10-13,16H2,1H3,(H,26,29). The lowest BCUT2D eigenvalue weighted by molar-refractivity contribution is 0.0950. The second-order valence-electron chi connectivity index (χ2n) is 7.41. The van der Waals surface area contributed by atoms with E-state index in [2.05, 4.69) is 63.4 Å². The first-order valence-corrected chi connectivity index (χ1v) is 10.0. The van der Waals surface area contributed by atoms with Gasteiger partial charge in [0, 0.05) is 44.6 Å². The highest BCUT2D eigenvalue weighted by molar-refractivity contribution is 5.94. The van der Waals surface area contributed by atoms with Gasteiger partial charge in [-0.05, 0) is 30.7 Å². The highest BCUT2D eigenvalue weighted by Gasteiger charge is 2.18. The molecule has 1 aromatic heterocycles. The number of carbonyl (C=O) groups excluding carboxylic acids is 1. The fraction of sp³-hybridized carbons (Fsp3) is 0.250. The monoisotopic (exact) mass is 386 g/mol. The third-order valence-electron chi connectivity index (χ3n) is 5.29. The van der Waals surface area contributed by atoms with Crippen molar-refractivity contribution in [1.82, 2.24) is 10.3 Å². The number of carbonyl (C=O) groups is 1. The van der Waals surface area contributed by atoms with E-state index in [1.165, 1.54) is 11.3 Å². The van der Waals surface area contributed by atoms with Crippen LogP contribution in [-0.2, 0) is 6.54 Å². The first kappa shape index (κ1) is 19.0. The molecular weight excluding hydrogens is 360 g/mol. The molecule has 0 aliphatic carbocycles. The van der Waals surface area contributed by atoms with E-state index < -0.39 is 0 Å². The zero-order valence-electron chi connectivity index (χ0n) is 16.7. The van der Waals surface area contributed by atoms with Crippen LogP contribution in [0.4, 0.5) is 11.4 Å². The minimum Gasteiger partial charge on any atom is -0.368 e. The minimum absolute atomic E-state index is 0.0937. The third-order valence-corrected chi connectivity index (χ3v) is 5.29. The number of anilines is 2. The Morgan fingerprint density at radius 3 is 2.34 bits per heavy atom. The molecule has 2 heterocycles. The molecule has 0 radical (unpaired) electrons. The van der Waals surface area contributed by atoms with E-state index in [-0.39, 0.29) is 5.91 Å². The van der Waals surface area contributed by atoms with Gasteiger partial charge in [-0.25, -0.2) is 0 Å². The van der Waals surface area contributed by atoms with Crippen LogP contribution >= 0.6 is 0 Å². The molecule has 1 N–H and O–H groups in total. The van der Waals surface area contributed by atoms with Crippen LogP contribution in [0.2, 0.25) is 0 Å². The molecule has 0 atom stereocenters. The number of para-hydroxylation sites is 1. The Bertz CT molecular complexity index is 965. The molecule has 5 heteroatoms. The fourth-order valence-corrected chi connectivity index (χ4v) is 3.69. The lowest BCUT2D eigenvalue weighted by Crippen LogP contribution is -2.46. The van der Waals surface area contributed by atoms with Gasteiger partial charge in [-0.3, -0.25) is 9.78 Å². The Hall–Kier alpha value is -3.34. The number of piperazine rings is 1. The molecule has 2 aromatic carbocycles. The van der Waals surface area contributed by atoms with E-state index in [9.17, 15) is 4.79 Å². The largest absolute Gasteiger partial charge is 0.368 e. The van der Waals surface area contributed by atoms with Crippen molar-refractivity contribution in [2.45, 2.75) is 13.5 Å². The van der Waals surface area contributed by atoms with Crippen molar-refractivity contribution < 1.29 is 4.79 Å². The Labute approximate surface area is 172 Å². The summed E-state index contributed by atoms with van der Waals surface area (Å²) in [7, 11) is 0. The van der Waals surface area contributed by atoms with Gasteiger partial charge in [0.2, 0.25) is 0 Å². The molecule has 148 valence electrons. The van der Waals surface area contributed by atoms with Gasteiger partial charge in [0.15, 0.2) is 0 Å². The van der Waals surface area contributed by atoms with Gasteiger partial charge in [-0.15, -0.1) is 0 Å². The van der Waals surface area contributed by atoms with Crippen LogP contribution in [0.3, 0.4) is 0 Å². The van der Waals surface area contributed by atoms with Crippen molar-refractivity contribution in [2.75, 3.05) is 36.0 Å². The van der Waals surface area contributed by atoms with Gasteiger partial charge in [0.25, 0.3) is 5.91 Å². The van der Waals surface area contributed by atoms with Crippen molar-refractivity contribution in [3.8, 4) is 0 Å². The highest BCUT2D eigenvalue weighted by atomic mass is 16.1. The smallest absolute Gasteiger partial charge is 0.253 e. The molecule has 1 aliphatic heterocycles. The molecule has 1 saturated heterocycles. The molecule has 0 saturated carbocycles. The van der Waals surface area contributed by atoms with E-state index in [0.717, 1.165) is 37.4 Å². The second-order valence-corrected chi connectivity index (χ2v) is 7.41. The number of nitrogens with zero attached hydrogens (tertiary/aromatic N) is 3. The molecule has 4 rings (SSSR count). The number of hydrogen-bond acceptors (Lipinski definition) is 4. The van der Waals surface area contributed by atoms with Crippen molar-refractivity contribution >= 4 is 17.3 Å². The first-order chi connectivity index (χ1) is 14.2. The highest BCUT2D eigenvalue weighted by Crippen LogP contribution is 2.20. The second kappa shape index (κ2) is 8.78. The van der Waals surface area contributed by atoms with Crippen LogP contribution in [-0.4, -0.2) is 37.1 Å². The van der Waals surface area contributed by atoms with Gasteiger partial charge in [0.05, 0.1) is 17.4 Å². The predicted molar refractivity (Wildman–Crippen MR) is 117 cm³/mol. The van der Waals surface area contributed by atoms with E-state index >= 15 is 0 Å². The normalized spacial score (nSPS) is 14.0. The van der Waals surface area contributed by atoms with Crippen molar-refractivity contribution in [3.05, 3.63) is 89.7 Å². The number of aromatic nitrogens is 1. The maximum Gasteiger partial charge on any atom is 0.253 e. The molecule has 1 aliphatic rings. The van der Waals surface area contributed by atoms with Crippen LogP contribution in [0.5, 0.6) is 0 Å². The van der Waals surface area contributed by atoms with Gasteiger partial charge in [-0.2, -0.15) is 0 Å². The average molecular weight is 386 g/mol. The number of amides is 1. The Morgan fingerprint density at radius 1 is 0.897 bits per heavy atom. The van der Waals surface area contributed by atoms with Crippen molar-refractivity contribution in [1.29, 1.82) is 0 Å². The molecule has 0 spiro atoms. The molecule has 0 bridgehead atoms. The number of nitrogens with one attached hydrogen (secondary N) is 1. The molecular formula is C24H26N4O. The molecule has 1 amide bonds. The van der Waals surface area contributed by atoms with Crippen LogP contribution in [0.25, 0.3) is 0 Å². The lowest BCUT2D eigenvalue weighted by atomic mass is 10.1. The zero-order valence-corrected chi connectivity index (χ0v) is 16.7.